The molecular weight excluding hydrogens is 829 g/mol. The van der Waals surface area contributed by atoms with Gasteiger partial charge in [0.05, 0.1) is 5.41 Å². The molecule has 0 saturated heterocycles. The van der Waals surface area contributed by atoms with E-state index < -0.39 is 5.41 Å². The van der Waals surface area contributed by atoms with Crippen LogP contribution in [0.1, 0.15) is 66.8 Å². The van der Waals surface area contributed by atoms with Gasteiger partial charge in [-0.2, -0.15) is 0 Å². The minimum atomic E-state index is -0.504. The van der Waals surface area contributed by atoms with Gasteiger partial charge < -0.3 is 0 Å². The molecule has 0 bridgehead atoms. The van der Waals surface area contributed by atoms with Crippen LogP contribution < -0.4 is 0 Å². The second-order valence-corrected chi connectivity index (χ2v) is 18.6. The van der Waals surface area contributed by atoms with Crippen LogP contribution >= 0.6 is 0 Å². The Kier molecular flexibility index (Phi) is 10.7. The van der Waals surface area contributed by atoms with Crippen molar-refractivity contribution in [1.82, 2.24) is 0 Å². The maximum atomic E-state index is 2.36. The molecule has 0 heterocycles. The Morgan fingerprint density at radius 2 is 0.652 bits per heavy atom. The monoisotopic (exact) mass is 878 g/mol. The van der Waals surface area contributed by atoms with Gasteiger partial charge in [-0.25, -0.2) is 0 Å². The molecule has 0 aliphatic heterocycles. The highest BCUT2D eigenvalue weighted by Gasteiger charge is 2.45. The Labute approximate surface area is 405 Å². The van der Waals surface area contributed by atoms with E-state index in [1.165, 1.54) is 116 Å². The fourth-order valence-electron chi connectivity index (χ4n) is 10.7. The van der Waals surface area contributed by atoms with Crippen LogP contribution in [0.2, 0.25) is 0 Å². The van der Waals surface area contributed by atoms with E-state index in [9.17, 15) is 0 Å². The molecule has 0 atom stereocenters. The summed E-state index contributed by atoms with van der Waals surface area (Å²) < 4.78 is 0. The number of benzene rings is 11. The molecule has 326 valence electrons. The normalized spacial score (nSPS) is 13.1. The molecule has 0 heteroatoms. The van der Waals surface area contributed by atoms with Crippen molar-refractivity contribution < 1.29 is 0 Å². The highest BCUT2D eigenvalue weighted by molar-refractivity contribution is 5.97. The van der Waals surface area contributed by atoms with Crippen LogP contribution in [0.4, 0.5) is 0 Å². The zero-order chi connectivity index (χ0) is 46.3. The first-order valence-electron chi connectivity index (χ1n) is 24.0. The lowest BCUT2D eigenvalue weighted by Crippen LogP contribution is -2.28. The largest absolute Gasteiger partial charge is 0.0713 e. The zero-order valence-electron chi connectivity index (χ0n) is 38.9. The van der Waals surface area contributed by atoms with Crippen molar-refractivity contribution in [2.24, 2.45) is 0 Å². The van der Waals surface area contributed by atoms with Crippen LogP contribution in [0.25, 0.3) is 67.1 Å². The maximum Gasteiger partial charge on any atom is 0.0713 e. The van der Waals surface area contributed by atoms with E-state index in [1.54, 1.807) is 0 Å². The molecule has 0 amide bonds. The summed E-state index contributed by atoms with van der Waals surface area (Å²) in [4.78, 5) is 0. The Balaban J connectivity index is 0.920. The lowest BCUT2D eigenvalue weighted by molar-refractivity contribution is 0.768. The number of fused-ring (bicyclic) bond motifs is 5. The molecule has 0 N–H and O–H groups in total. The van der Waals surface area contributed by atoms with Crippen LogP contribution in [-0.4, -0.2) is 0 Å². The highest BCUT2D eigenvalue weighted by atomic mass is 14.5. The third-order valence-electron chi connectivity index (χ3n) is 14.3. The maximum absolute atomic E-state index is 2.36. The van der Waals surface area contributed by atoms with Gasteiger partial charge >= 0.3 is 0 Å². The van der Waals surface area contributed by atoms with Crippen molar-refractivity contribution in [2.75, 3.05) is 0 Å². The molecule has 0 spiro atoms. The molecular formula is C69H50. The topological polar surface area (TPSA) is 0 Å². The molecule has 0 aromatic heterocycles. The second kappa shape index (κ2) is 17.6. The molecule has 69 heavy (non-hydrogen) atoms. The molecule has 0 saturated carbocycles. The fraction of sp³-hybridized carbons (Fsp3) is 0.0435. The summed E-state index contributed by atoms with van der Waals surface area (Å²) in [6.07, 6.45) is 4.68. The van der Waals surface area contributed by atoms with E-state index in [4.69, 9.17) is 0 Å². The molecule has 0 fully saturated rings. The van der Waals surface area contributed by atoms with Crippen molar-refractivity contribution >= 4 is 44.8 Å². The van der Waals surface area contributed by atoms with E-state index in [0.717, 1.165) is 5.56 Å². The van der Waals surface area contributed by atoms with Gasteiger partial charge in [-0.05, 0) is 149 Å². The van der Waals surface area contributed by atoms with Gasteiger partial charge in [-0.15, -0.1) is 0 Å². The summed E-state index contributed by atoms with van der Waals surface area (Å²) >= 11 is 0. The third-order valence-corrected chi connectivity index (χ3v) is 14.3. The van der Waals surface area contributed by atoms with Gasteiger partial charge in [0.1, 0.15) is 0 Å². The van der Waals surface area contributed by atoms with Crippen molar-refractivity contribution in [1.29, 1.82) is 0 Å². The quantitative estimate of drug-likeness (QED) is 0.127. The number of hydrogen-bond acceptors (Lipinski definition) is 0. The van der Waals surface area contributed by atoms with Crippen LogP contribution in [0.5, 0.6) is 0 Å². The minimum Gasteiger partial charge on any atom is -0.0619 e. The molecule has 0 unspecified atom stereocenters. The number of aryl methyl sites for hydroxylation is 2. The molecule has 1 aliphatic carbocycles. The van der Waals surface area contributed by atoms with Crippen molar-refractivity contribution in [3.8, 4) is 22.3 Å². The van der Waals surface area contributed by atoms with Gasteiger partial charge in [0.25, 0.3) is 0 Å². The van der Waals surface area contributed by atoms with Gasteiger partial charge in [0, 0.05) is 0 Å². The molecule has 0 radical (unpaired) electrons. The van der Waals surface area contributed by atoms with Gasteiger partial charge in [-0.1, -0.05) is 254 Å². The fourth-order valence-corrected chi connectivity index (χ4v) is 10.7. The first-order valence-corrected chi connectivity index (χ1v) is 24.0. The first kappa shape index (κ1) is 41.8. The SMILES string of the molecule is Cc1ccc(C(=Cc2ccc(-c3ccc(C4(c5ccc(C=C(c6ccc(C)cc6)c6ccc7ccccc7c6)cc5)c5ccccc5-c5ccccc54)cc3)cc2)c2ccc3ccccc3c2)cc1. The molecule has 11 aromatic carbocycles. The van der Waals surface area contributed by atoms with Crippen LogP contribution in [0.3, 0.4) is 0 Å². The van der Waals surface area contributed by atoms with E-state index in [0.29, 0.717) is 0 Å². The Bertz CT molecular complexity index is 3690. The highest BCUT2D eigenvalue weighted by Crippen LogP contribution is 2.56. The standard InChI is InChI=1S/C69H50/c1-47-19-27-55(28-20-47)65(59-35-33-51-11-3-5-13-57(51)45-59)43-49-23-31-53(32-24-49)54-37-41-62(42-38-54)69(67-17-9-7-15-63(67)64-16-8-10-18-68(64)69)61-39-25-50(26-40-61)44-66(56-29-21-48(2)22-30-56)60-36-34-52-12-4-6-14-58(52)46-60/h3-46H,1-2H3. The smallest absolute Gasteiger partial charge is 0.0619 e. The predicted molar refractivity (Wildman–Crippen MR) is 293 cm³/mol. The summed E-state index contributed by atoms with van der Waals surface area (Å²) in [5.74, 6) is 0. The van der Waals surface area contributed by atoms with Crippen molar-refractivity contribution in [3.05, 3.63) is 322 Å². The Hall–Kier alpha value is -8.58. The van der Waals surface area contributed by atoms with E-state index in [1.807, 2.05) is 0 Å². The number of rotatable bonds is 9. The first-order chi connectivity index (χ1) is 34.0. The lowest BCUT2D eigenvalue weighted by Gasteiger charge is -2.34. The van der Waals surface area contributed by atoms with Crippen LogP contribution in [-0.2, 0) is 5.41 Å². The minimum absolute atomic E-state index is 0.504. The average Bonchev–Trinajstić information content (AvgIpc) is 3.71. The van der Waals surface area contributed by atoms with Crippen molar-refractivity contribution in [2.45, 2.75) is 19.3 Å². The number of hydrogen-bond donors (Lipinski definition) is 0. The van der Waals surface area contributed by atoms with Crippen molar-refractivity contribution in [3.63, 3.8) is 0 Å². The van der Waals surface area contributed by atoms with E-state index in [2.05, 4.69) is 281 Å². The van der Waals surface area contributed by atoms with Gasteiger partial charge in [0.15, 0.2) is 0 Å². The molecule has 1 aliphatic rings. The summed E-state index contributed by atoms with van der Waals surface area (Å²) in [7, 11) is 0. The lowest BCUT2D eigenvalue weighted by atomic mass is 9.67. The molecule has 11 aromatic rings. The Morgan fingerprint density at radius 3 is 1.10 bits per heavy atom. The third kappa shape index (κ3) is 7.71. The molecule has 0 nitrogen and oxygen atoms in total. The van der Waals surface area contributed by atoms with Gasteiger partial charge in [0.2, 0.25) is 0 Å². The average molecular weight is 879 g/mol. The Morgan fingerprint density at radius 1 is 0.304 bits per heavy atom. The van der Waals surface area contributed by atoms with E-state index >= 15 is 0 Å². The van der Waals surface area contributed by atoms with Gasteiger partial charge in [-0.3, -0.25) is 0 Å². The predicted octanol–water partition coefficient (Wildman–Crippen LogP) is 17.8. The summed E-state index contributed by atoms with van der Waals surface area (Å²) in [5, 5.41) is 4.98. The van der Waals surface area contributed by atoms with E-state index in [-0.39, 0.29) is 0 Å². The summed E-state index contributed by atoms with van der Waals surface area (Å²) in [6, 6.07) is 94.3. The summed E-state index contributed by atoms with van der Waals surface area (Å²) in [6.45, 7) is 4.29. The zero-order valence-corrected chi connectivity index (χ0v) is 38.9. The second-order valence-electron chi connectivity index (χ2n) is 18.6. The summed E-state index contributed by atoms with van der Waals surface area (Å²) in [5.41, 5.74) is 21.6. The van der Waals surface area contributed by atoms with Crippen LogP contribution in [0.15, 0.2) is 255 Å². The molecule has 12 rings (SSSR count). The van der Waals surface area contributed by atoms with Crippen LogP contribution in [0, 0.1) is 13.8 Å².